The Balaban J connectivity index is 2.05. The summed E-state index contributed by atoms with van der Waals surface area (Å²) in [4.78, 5) is 2.33. The van der Waals surface area contributed by atoms with Gasteiger partial charge < -0.3 is 9.84 Å². The SMILES string of the molecule is CC(C)CCN1C[C@@H](CO)O[C@H]1c1ccccc1. The molecule has 0 aliphatic carbocycles. The van der Waals surface area contributed by atoms with Crippen molar-refractivity contribution in [2.75, 3.05) is 19.7 Å². The van der Waals surface area contributed by atoms with E-state index in [9.17, 15) is 5.11 Å². The van der Waals surface area contributed by atoms with Crippen molar-refractivity contribution < 1.29 is 9.84 Å². The van der Waals surface area contributed by atoms with Crippen molar-refractivity contribution in [1.82, 2.24) is 4.90 Å². The topological polar surface area (TPSA) is 32.7 Å². The van der Waals surface area contributed by atoms with Gasteiger partial charge in [0, 0.05) is 13.1 Å². The Morgan fingerprint density at radius 2 is 2.06 bits per heavy atom. The van der Waals surface area contributed by atoms with Crippen LogP contribution in [-0.2, 0) is 4.74 Å². The van der Waals surface area contributed by atoms with Gasteiger partial charge in [-0.25, -0.2) is 0 Å². The number of ether oxygens (including phenoxy) is 1. The van der Waals surface area contributed by atoms with Crippen molar-refractivity contribution in [3.05, 3.63) is 35.9 Å². The maximum Gasteiger partial charge on any atom is 0.137 e. The molecule has 1 aliphatic rings. The van der Waals surface area contributed by atoms with Crippen LogP contribution in [0.3, 0.4) is 0 Å². The van der Waals surface area contributed by atoms with Gasteiger partial charge in [0.25, 0.3) is 0 Å². The fourth-order valence-corrected chi connectivity index (χ4v) is 2.31. The molecule has 0 aromatic heterocycles. The molecule has 0 bridgehead atoms. The fraction of sp³-hybridized carbons (Fsp3) is 0.600. The molecule has 2 atom stereocenters. The zero-order chi connectivity index (χ0) is 13.0. The third-order valence-electron chi connectivity index (χ3n) is 3.37. The van der Waals surface area contributed by atoms with E-state index in [0.29, 0.717) is 5.92 Å². The summed E-state index contributed by atoms with van der Waals surface area (Å²) in [5.41, 5.74) is 1.18. The summed E-state index contributed by atoms with van der Waals surface area (Å²) in [6, 6.07) is 10.3. The highest BCUT2D eigenvalue weighted by molar-refractivity contribution is 5.18. The van der Waals surface area contributed by atoms with Gasteiger partial charge in [0.2, 0.25) is 0 Å². The second-order valence-corrected chi connectivity index (χ2v) is 5.38. The third-order valence-corrected chi connectivity index (χ3v) is 3.37. The molecule has 1 aromatic carbocycles. The van der Waals surface area contributed by atoms with Crippen molar-refractivity contribution in [3.63, 3.8) is 0 Å². The third kappa shape index (κ3) is 3.31. The van der Waals surface area contributed by atoms with E-state index in [-0.39, 0.29) is 18.9 Å². The van der Waals surface area contributed by atoms with Gasteiger partial charge in [-0.05, 0) is 17.9 Å². The van der Waals surface area contributed by atoms with E-state index in [1.807, 2.05) is 18.2 Å². The van der Waals surface area contributed by atoms with Crippen molar-refractivity contribution >= 4 is 0 Å². The molecule has 100 valence electrons. The van der Waals surface area contributed by atoms with Crippen molar-refractivity contribution in [3.8, 4) is 0 Å². The molecule has 3 nitrogen and oxygen atoms in total. The molecule has 1 N–H and O–H groups in total. The Morgan fingerprint density at radius 3 is 2.67 bits per heavy atom. The van der Waals surface area contributed by atoms with Gasteiger partial charge in [0.1, 0.15) is 6.23 Å². The lowest BCUT2D eigenvalue weighted by molar-refractivity contribution is -0.0203. The van der Waals surface area contributed by atoms with Crippen molar-refractivity contribution in [2.45, 2.75) is 32.6 Å². The first-order valence-corrected chi connectivity index (χ1v) is 6.76. The van der Waals surface area contributed by atoms with Gasteiger partial charge in [0.05, 0.1) is 12.7 Å². The Bertz CT molecular complexity index is 353. The van der Waals surface area contributed by atoms with E-state index in [4.69, 9.17) is 4.74 Å². The average Bonchev–Trinajstić information content (AvgIpc) is 2.80. The summed E-state index contributed by atoms with van der Waals surface area (Å²) in [5.74, 6) is 0.689. The number of hydrogen-bond donors (Lipinski definition) is 1. The molecule has 3 heteroatoms. The average molecular weight is 249 g/mol. The molecular weight excluding hydrogens is 226 g/mol. The first kappa shape index (κ1) is 13.5. The monoisotopic (exact) mass is 249 g/mol. The lowest BCUT2D eigenvalue weighted by Gasteiger charge is -2.23. The van der Waals surface area contributed by atoms with E-state index < -0.39 is 0 Å². The molecule has 2 rings (SSSR count). The Hall–Kier alpha value is -0.900. The minimum absolute atomic E-state index is 0.00194. The predicted molar refractivity (Wildman–Crippen MR) is 72.2 cm³/mol. The number of benzene rings is 1. The lowest BCUT2D eigenvalue weighted by atomic mass is 10.1. The van der Waals surface area contributed by atoms with Crippen LogP contribution in [0, 0.1) is 5.92 Å². The predicted octanol–water partition coefficient (Wildman–Crippen LogP) is 2.42. The highest BCUT2D eigenvalue weighted by Gasteiger charge is 2.32. The standard InChI is InChI=1S/C15H23NO2/c1-12(2)8-9-16-10-14(11-17)18-15(16)13-6-4-3-5-7-13/h3-7,12,14-15,17H,8-11H2,1-2H3/t14-,15-/m0/s1. The maximum absolute atomic E-state index is 9.27. The van der Waals surface area contributed by atoms with Gasteiger partial charge in [-0.15, -0.1) is 0 Å². The lowest BCUT2D eigenvalue weighted by Crippen LogP contribution is -2.27. The summed E-state index contributed by atoms with van der Waals surface area (Å²) >= 11 is 0. The van der Waals surface area contributed by atoms with Crippen LogP contribution in [0.15, 0.2) is 30.3 Å². The first-order valence-electron chi connectivity index (χ1n) is 6.76. The van der Waals surface area contributed by atoms with E-state index >= 15 is 0 Å². The van der Waals surface area contributed by atoms with E-state index in [1.54, 1.807) is 0 Å². The van der Waals surface area contributed by atoms with Crippen LogP contribution in [0.1, 0.15) is 32.1 Å². The van der Waals surface area contributed by atoms with Crippen molar-refractivity contribution in [1.29, 1.82) is 0 Å². The molecule has 1 aromatic rings. The second-order valence-electron chi connectivity index (χ2n) is 5.38. The smallest absolute Gasteiger partial charge is 0.137 e. The molecule has 0 spiro atoms. The van der Waals surface area contributed by atoms with E-state index in [1.165, 1.54) is 5.56 Å². The normalized spacial score (nSPS) is 24.9. The maximum atomic E-state index is 9.27. The number of rotatable bonds is 5. The molecule has 18 heavy (non-hydrogen) atoms. The summed E-state index contributed by atoms with van der Waals surface area (Å²) in [7, 11) is 0. The fourth-order valence-electron chi connectivity index (χ4n) is 2.31. The van der Waals surface area contributed by atoms with Gasteiger partial charge in [-0.1, -0.05) is 44.2 Å². The van der Waals surface area contributed by atoms with Crippen LogP contribution in [0.2, 0.25) is 0 Å². The van der Waals surface area contributed by atoms with Crippen LogP contribution >= 0.6 is 0 Å². The number of hydrogen-bond acceptors (Lipinski definition) is 3. The van der Waals surface area contributed by atoms with Crippen LogP contribution in [0.5, 0.6) is 0 Å². The van der Waals surface area contributed by atoms with E-state index in [0.717, 1.165) is 19.5 Å². The van der Waals surface area contributed by atoms with Crippen molar-refractivity contribution in [2.24, 2.45) is 5.92 Å². The highest BCUT2D eigenvalue weighted by Crippen LogP contribution is 2.30. The molecule has 0 amide bonds. The molecule has 1 heterocycles. The number of aliphatic hydroxyl groups is 1. The zero-order valence-corrected chi connectivity index (χ0v) is 11.2. The van der Waals surface area contributed by atoms with Crippen LogP contribution in [0.4, 0.5) is 0 Å². The molecule has 1 saturated heterocycles. The Morgan fingerprint density at radius 1 is 1.33 bits per heavy atom. The van der Waals surface area contributed by atoms with Gasteiger partial charge in [-0.2, -0.15) is 0 Å². The van der Waals surface area contributed by atoms with Crippen LogP contribution in [-0.4, -0.2) is 35.8 Å². The Labute approximate surface area is 109 Å². The van der Waals surface area contributed by atoms with Gasteiger partial charge in [0.15, 0.2) is 0 Å². The van der Waals surface area contributed by atoms with Gasteiger partial charge in [-0.3, -0.25) is 4.90 Å². The number of nitrogens with zero attached hydrogens (tertiary/aromatic N) is 1. The molecule has 0 saturated carbocycles. The van der Waals surface area contributed by atoms with E-state index in [2.05, 4.69) is 30.9 Å². The minimum atomic E-state index is -0.0534. The number of aliphatic hydroxyl groups excluding tert-OH is 1. The molecule has 0 unspecified atom stereocenters. The first-order chi connectivity index (χ1) is 8.70. The minimum Gasteiger partial charge on any atom is -0.394 e. The largest absolute Gasteiger partial charge is 0.394 e. The summed E-state index contributed by atoms with van der Waals surface area (Å²) in [6.07, 6.45) is 1.11. The van der Waals surface area contributed by atoms with Crippen LogP contribution < -0.4 is 0 Å². The highest BCUT2D eigenvalue weighted by atomic mass is 16.5. The van der Waals surface area contributed by atoms with Crippen LogP contribution in [0.25, 0.3) is 0 Å². The summed E-state index contributed by atoms with van der Waals surface area (Å²) < 4.78 is 5.92. The quantitative estimate of drug-likeness (QED) is 0.870. The summed E-state index contributed by atoms with van der Waals surface area (Å²) in [6.45, 7) is 6.41. The van der Waals surface area contributed by atoms with Gasteiger partial charge >= 0.3 is 0 Å². The summed E-state index contributed by atoms with van der Waals surface area (Å²) in [5, 5.41) is 9.27. The molecule has 1 fully saturated rings. The molecule has 0 radical (unpaired) electrons. The Kier molecular flexibility index (Phi) is 4.75. The zero-order valence-electron chi connectivity index (χ0n) is 11.2. The molecular formula is C15H23NO2. The second kappa shape index (κ2) is 6.32. The molecule has 1 aliphatic heterocycles.